The number of aromatic hydroxyl groups is 1. The summed E-state index contributed by atoms with van der Waals surface area (Å²) in [6.45, 7) is 0. The molecule has 0 fully saturated rings. The van der Waals surface area contributed by atoms with E-state index in [-0.39, 0.29) is 22.1 Å². The number of ketones is 1. The van der Waals surface area contributed by atoms with Gasteiger partial charge in [0.1, 0.15) is 10.6 Å². The molecular weight excluding hydrogens is 302 g/mol. The van der Waals surface area contributed by atoms with Gasteiger partial charge in [-0.1, -0.05) is 11.6 Å². The molecule has 7 heteroatoms. The van der Waals surface area contributed by atoms with E-state index >= 15 is 0 Å². The fourth-order valence-electron chi connectivity index (χ4n) is 1.50. The molecule has 20 heavy (non-hydrogen) atoms. The van der Waals surface area contributed by atoms with Gasteiger partial charge < -0.3 is 5.11 Å². The van der Waals surface area contributed by atoms with Crippen molar-refractivity contribution < 1.29 is 14.8 Å². The molecule has 2 aromatic rings. The fraction of sp³-hybridized carbons (Fsp3) is 0. The molecule has 5 nitrogen and oxygen atoms in total. The number of benzene rings is 1. The number of halogens is 1. The Morgan fingerprint density at radius 3 is 2.75 bits per heavy atom. The Kier molecular flexibility index (Phi) is 4.16. The highest BCUT2D eigenvalue weighted by atomic mass is 35.5. The maximum absolute atomic E-state index is 11.8. The summed E-state index contributed by atoms with van der Waals surface area (Å²) in [7, 11) is 0. The van der Waals surface area contributed by atoms with Crippen LogP contribution in [0.2, 0.25) is 5.02 Å². The number of carbonyl (C=O) groups is 1. The number of allylic oxidation sites excluding steroid dienone is 1. The molecule has 1 heterocycles. The van der Waals surface area contributed by atoms with Crippen molar-refractivity contribution in [2.75, 3.05) is 0 Å². The van der Waals surface area contributed by atoms with Gasteiger partial charge in [-0.3, -0.25) is 14.9 Å². The Balaban J connectivity index is 2.28. The number of rotatable bonds is 4. The number of nitro benzene ring substituents is 1. The lowest BCUT2D eigenvalue weighted by molar-refractivity contribution is -0.384. The van der Waals surface area contributed by atoms with E-state index < -0.39 is 4.92 Å². The van der Waals surface area contributed by atoms with Crippen molar-refractivity contribution >= 4 is 40.5 Å². The molecule has 0 aliphatic carbocycles. The van der Waals surface area contributed by atoms with Gasteiger partial charge in [-0.05, 0) is 35.2 Å². The number of nitro groups is 1. The summed E-state index contributed by atoms with van der Waals surface area (Å²) in [5.74, 6) is -0.477. The summed E-state index contributed by atoms with van der Waals surface area (Å²) in [4.78, 5) is 22.2. The monoisotopic (exact) mass is 309 g/mol. The van der Waals surface area contributed by atoms with Crippen LogP contribution in [0.1, 0.15) is 15.2 Å². The van der Waals surface area contributed by atoms with Crippen molar-refractivity contribution in [2.24, 2.45) is 0 Å². The number of nitrogens with zero attached hydrogens (tertiary/aromatic N) is 1. The first-order chi connectivity index (χ1) is 9.49. The van der Waals surface area contributed by atoms with E-state index in [4.69, 9.17) is 11.6 Å². The second kappa shape index (κ2) is 5.85. The number of thiophene rings is 1. The summed E-state index contributed by atoms with van der Waals surface area (Å²) >= 11 is 7.02. The molecule has 0 aliphatic heterocycles. The molecule has 0 radical (unpaired) electrons. The van der Waals surface area contributed by atoms with Gasteiger partial charge in [-0.2, -0.15) is 0 Å². The predicted octanol–water partition coefficient (Wildman–Crippen LogP) is 3.91. The standard InChI is InChI=1S/C13H8ClNO4S/c14-10-3-2-9(15(18)19)7-8(10)1-4-11(16)13-12(17)5-6-20-13/h1-7,17H/b4-1+. The normalized spacial score (nSPS) is 10.8. The van der Waals surface area contributed by atoms with Gasteiger partial charge in [0.2, 0.25) is 0 Å². The van der Waals surface area contributed by atoms with Gasteiger partial charge in [0.15, 0.2) is 5.78 Å². The highest BCUT2D eigenvalue weighted by molar-refractivity contribution is 7.12. The zero-order valence-corrected chi connectivity index (χ0v) is 11.5. The molecule has 0 saturated heterocycles. The third-order valence-corrected chi connectivity index (χ3v) is 3.74. The smallest absolute Gasteiger partial charge is 0.270 e. The largest absolute Gasteiger partial charge is 0.506 e. The van der Waals surface area contributed by atoms with Crippen LogP contribution < -0.4 is 0 Å². The summed E-state index contributed by atoms with van der Waals surface area (Å²) < 4.78 is 0. The van der Waals surface area contributed by atoms with E-state index in [0.717, 1.165) is 11.3 Å². The number of carbonyl (C=O) groups excluding carboxylic acids is 1. The second-order valence-electron chi connectivity index (χ2n) is 3.80. The third-order valence-electron chi connectivity index (χ3n) is 2.47. The van der Waals surface area contributed by atoms with Crippen LogP contribution in [-0.4, -0.2) is 15.8 Å². The van der Waals surface area contributed by atoms with Crippen molar-refractivity contribution in [2.45, 2.75) is 0 Å². The van der Waals surface area contributed by atoms with E-state index in [2.05, 4.69) is 0 Å². The molecule has 0 amide bonds. The number of non-ortho nitro benzene ring substituents is 1. The van der Waals surface area contributed by atoms with Crippen LogP contribution in [0, 0.1) is 10.1 Å². The molecule has 0 saturated carbocycles. The highest BCUT2D eigenvalue weighted by Crippen LogP contribution is 2.26. The van der Waals surface area contributed by atoms with Gasteiger partial charge in [-0.15, -0.1) is 11.3 Å². The van der Waals surface area contributed by atoms with Crippen LogP contribution in [0.5, 0.6) is 5.75 Å². The Morgan fingerprint density at radius 2 is 2.15 bits per heavy atom. The molecule has 0 atom stereocenters. The van der Waals surface area contributed by atoms with E-state index in [0.29, 0.717) is 10.6 Å². The van der Waals surface area contributed by atoms with Crippen LogP contribution in [0.4, 0.5) is 5.69 Å². The zero-order chi connectivity index (χ0) is 14.7. The Hall–Kier alpha value is -2.18. The van der Waals surface area contributed by atoms with Crippen LogP contribution in [-0.2, 0) is 0 Å². The van der Waals surface area contributed by atoms with E-state index in [1.807, 2.05) is 0 Å². The minimum Gasteiger partial charge on any atom is -0.506 e. The third kappa shape index (κ3) is 3.04. The highest BCUT2D eigenvalue weighted by Gasteiger charge is 2.11. The van der Waals surface area contributed by atoms with Crippen molar-refractivity contribution in [3.63, 3.8) is 0 Å². The lowest BCUT2D eigenvalue weighted by Crippen LogP contribution is -1.91. The van der Waals surface area contributed by atoms with Crippen molar-refractivity contribution in [3.8, 4) is 5.75 Å². The van der Waals surface area contributed by atoms with E-state index in [1.165, 1.54) is 36.4 Å². The van der Waals surface area contributed by atoms with Crippen molar-refractivity contribution in [3.05, 3.63) is 61.3 Å². The summed E-state index contributed by atoms with van der Waals surface area (Å²) in [6, 6.07) is 5.38. The summed E-state index contributed by atoms with van der Waals surface area (Å²) in [5.41, 5.74) is 0.255. The minimum absolute atomic E-state index is 0.0882. The SMILES string of the molecule is O=C(/C=C/c1cc([N+](=O)[O-])ccc1Cl)c1sccc1O. The molecule has 0 spiro atoms. The summed E-state index contributed by atoms with van der Waals surface area (Å²) in [5, 5.41) is 22.0. The number of hydrogen-bond donors (Lipinski definition) is 1. The maximum atomic E-state index is 11.8. The van der Waals surface area contributed by atoms with Crippen LogP contribution in [0.25, 0.3) is 6.08 Å². The predicted molar refractivity (Wildman–Crippen MR) is 77.5 cm³/mol. The molecule has 0 unspecified atom stereocenters. The second-order valence-corrected chi connectivity index (χ2v) is 5.12. The lowest BCUT2D eigenvalue weighted by atomic mass is 10.1. The number of hydrogen-bond acceptors (Lipinski definition) is 5. The molecular formula is C13H8ClNO4S. The van der Waals surface area contributed by atoms with E-state index in [9.17, 15) is 20.0 Å². The van der Waals surface area contributed by atoms with Crippen LogP contribution in [0.3, 0.4) is 0 Å². The zero-order valence-electron chi connectivity index (χ0n) is 9.95. The molecule has 2 rings (SSSR count). The average molecular weight is 310 g/mol. The Morgan fingerprint density at radius 1 is 1.40 bits per heavy atom. The lowest BCUT2D eigenvalue weighted by Gasteiger charge is -1.98. The van der Waals surface area contributed by atoms with Gasteiger partial charge >= 0.3 is 0 Å². The molecule has 1 aromatic carbocycles. The van der Waals surface area contributed by atoms with Crippen LogP contribution in [0.15, 0.2) is 35.7 Å². The first-order valence-corrected chi connectivity index (χ1v) is 6.67. The molecule has 102 valence electrons. The topological polar surface area (TPSA) is 80.4 Å². The van der Waals surface area contributed by atoms with Gasteiger partial charge in [0.05, 0.1) is 4.92 Å². The molecule has 1 aromatic heterocycles. The Labute approximate surface area is 122 Å². The van der Waals surface area contributed by atoms with E-state index in [1.54, 1.807) is 5.38 Å². The summed E-state index contributed by atoms with van der Waals surface area (Å²) in [6.07, 6.45) is 2.60. The molecule has 0 aliphatic rings. The van der Waals surface area contributed by atoms with Gasteiger partial charge in [0, 0.05) is 17.2 Å². The minimum atomic E-state index is -0.541. The Bertz CT molecular complexity index is 708. The first-order valence-electron chi connectivity index (χ1n) is 5.42. The fourth-order valence-corrected chi connectivity index (χ4v) is 2.39. The van der Waals surface area contributed by atoms with Gasteiger partial charge in [0.25, 0.3) is 5.69 Å². The van der Waals surface area contributed by atoms with Crippen molar-refractivity contribution in [1.82, 2.24) is 0 Å². The maximum Gasteiger partial charge on any atom is 0.270 e. The van der Waals surface area contributed by atoms with Gasteiger partial charge in [-0.25, -0.2) is 0 Å². The molecule has 0 bridgehead atoms. The molecule has 1 N–H and O–H groups in total. The quantitative estimate of drug-likeness (QED) is 0.402. The first kappa shape index (κ1) is 14.2. The van der Waals surface area contributed by atoms with Crippen LogP contribution >= 0.6 is 22.9 Å². The average Bonchev–Trinajstić information content (AvgIpc) is 2.83. The van der Waals surface area contributed by atoms with Crippen molar-refractivity contribution in [1.29, 1.82) is 0 Å².